The van der Waals surface area contributed by atoms with Gasteiger partial charge >= 0.3 is 5.97 Å². The summed E-state index contributed by atoms with van der Waals surface area (Å²) in [6.07, 6.45) is 4.21. The second kappa shape index (κ2) is 5.85. The Labute approximate surface area is 123 Å². The molecule has 0 amide bonds. The van der Waals surface area contributed by atoms with Crippen molar-refractivity contribution in [2.24, 2.45) is 0 Å². The van der Waals surface area contributed by atoms with E-state index >= 15 is 0 Å². The standard InChI is InChI=1S/C16H20N2O3/c1-2-14-17-13-7-3-6-12(16(19)20)15(13)18(14)9-8-11-5-4-10-21-11/h3,6-7,11H,2,4-5,8-10H2,1H3,(H,19,20). The second-order valence-corrected chi connectivity index (χ2v) is 5.44. The maximum Gasteiger partial charge on any atom is 0.337 e. The highest BCUT2D eigenvalue weighted by atomic mass is 16.5. The van der Waals surface area contributed by atoms with Crippen LogP contribution in [0.2, 0.25) is 0 Å². The Morgan fingerprint density at radius 2 is 2.38 bits per heavy atom. The summed E-state index contributed by atoms with van der Waals surface area (Å²) in [7, 11) is 0. The highest BCUT2D eigenvalue weighted by molar-refractivity contribution is 6.01. The van der Waals surface area contributed by atoms with Crippen LogP contribution >= 0.6 is 0 Å². The molecule has 1 atom stereocenters. The molecule has 112 valence electrons. The van der Waals surface area contributed by atoms with Gasteiger partial charge in [-0.1, -0.05) is 13.0 Å². The van der Waals surface area contributed by atoms with Gasteiger partial charge in [0.15, 0.2) is 0 Å². The molecule has 1 aliphatic heterocycles. The van der Waals surface area contributed by atoms with Gasteiger partial charge in [0, 0.05) is 19.6 Å². The Kier molecular flexibility index (Phi) is 3.92. The number of hydrogen-bond acceptors (Lipinski definition) is 3. The van der Waals surface area contributed by atoms with E-state index in [4.69, 9.17) is 4.74 Å². The number of ether oxygens (including phenoxy) is 1. The van der Waals surface area contributed by atoms with Crippen molar-refractivity contribution in [3.05, 3.63) is 29.6 Å². The molecule has 5 nitrogen and oxygen atoms in total. The van der Waals surface area contributed by atoms with Gasteiger partial charge in [-0.2, -0.15) is 0 Å². The molecule has 5 heteroatoms. The lowest BCUT2D eigenvalue weighted by atomic mass is 10.1. The SMILES string of the molecule is CCc1nc2cccc(C(=O)O)c2n1CCC1CCCO1. The zero-order valence-corrected chi connectivity index (χ0v) is 12.2. The van der Waals surface area contributed by atoms with E-state index in [2.05, 4.69) is 9.55 Å². The maximum atomic E-state index is 11.5. The molecule has 0 saturated carbocycles. The summed E-state index contributed by atoms with van der Waals surface area (Å²) in [6.45, 7) is 3.65. The van der Waals surface area contributed by atoms with Crippen molar-refractivity contribution in [1.29, 1.82) is 0 Å². The third-order valence-electron chi connectivity index (χ3n) is 4.09. The van der Waals surface area contributed by atoms with Gasteiger partial charge in [-0.3, -0.25) is 0 Å². The van der Waals surface area contributed by atoms with Crippen LogP contribution in [0.5, 0.6) is 0 Å². The number of aryl methyl sites for hydroxylation is 2. The van der Waals surface area contributed by atoms with Crippen LogP contribution in [-0.4, -0.2) is 33.3 Å². The molecule has 1 unspecified atom stereocenters. The molecule has 1 aromatic heterocycles. The van der Waals surface area contributed by atoms with Crippen molar-refractivity contribution in [2.45, 2.75) is 45.3 Å². The van der Waals surface area contributed by atoms with Crippen molar-refractivity contribution >= 4 is 17.0 Å². The van der Waals surface area contributed by atoms with Crippen LogP contribution in [0.1, 0.15) is 42.4 Å². The lowest BCUT2D eigenvalue weighted by molar-refractivity contribution is 0.0698. The fraction of sp³-hybridized carbons (Fsp3) is 0.500. The second-order valence-electron chi connectivity index (χ2n) is 5.44. The van der Waals surface area contributed by atoms with Crippen LogP contribution in [0.15, 0.2) is 18.2 Å². The Morgan fingerprint density at radius 3 is 3.05 bits per heavy atom. The fourth-order valence-electron chi connectivity index (χ4n) is 3.06. The van der Waals surface area contributed by atoms with Crippen LogP contribution < -0.4 is 0 Å². The van der Waals surface area contributed by atoms with Gasteiger partial charge in [-0.25, -0.2) is 9.78 Å². The van der Waals surface area contributed by atoms with E-state index in [-0.39, 0.29) is 0 Å². The third kappa shape index (κ3) is 2.65. The van der Waals surface area contributed by atoms with Gasteiger partial charge in [-0.15, -0.1) is 0 Å². The van der Waals surface area contributed by atoms with Gasteiger partial charge < -0.3 is 14.4 Å². The van der Waals surface area contributed by atoms with Gasteiger partial charge in [0.25, 0.3) is 0 Å². The number of aromatic nitrogens is 2. The molecule has 3 rings (SSSR count). The average Bonchev–Trinajstić information content (AvgIpc) is 3.11. The monoisotopic (exact) mass is 288 g/mol. The highest BCUT2D eigenvalue weighted by Gasteiger charge is 2.19. The van der Waals surface area contributed by atoms with Crippen LogP contribution in [0.4, 0.5) is 0 Å². The number of hydrogen-bond donors (Lipinski definition) is 1. The number of benzene rings is 1. The number of imidazole rings is 1. The van der Waals surface area contributed by atoms with Crippen molar-refractivity contribution in [3.63, 3.8) is 0 Å². The first-order chi connectivity index (χ1) is 10.2. The molecular weight excluding hydrogens is 268 g/mol. The topological polar surface area (TPSA) is 64.3 Å². The average molecular weight is 288 g/mol. The minimum Gasteiger partial charge on any atom is -0.478 e. The Hall–Kier alpha value is -1.88. The van der Waals surface area contributed by atoms with E-state index < -0.39 is 5.97 Å². The summed E-state index contributed by atoms with van der Waals surface area (Å²) in [5.41, 5.74) is 1.82. The van der Waals surface area contributed by atoms with E-state index in [1.807, 2.05) is 13.0 Å². The predicted molar refractivity (Wildman–Crippen MR) is 79.7 cm³/mol. The van der Waals surface area contributed by atoms with Gasteiger partial charge in [0.1, 0.15) is 5.82 Å². The molecule has 0 radical (unpaired) electrons. The van der Waals surface area contributed by atoms with Crippen molar-refractivity contribution in [3.8, 4) is 0 Å². The highest BCUT2D eigenvalue weighted by Crippen LogP contribution is 2.23. The van der Waals surface area contributed by atoms with Crippen molar-refractivity contribution in [1.82, 2.24) is 9.55 Å². The molecule has 0 spiro atoms. The fourth-order valence-corrected chi connectivity index (χ4v) is 3.06. The molecule has 2 aromatic rings. The third-order valence-corrected chi connectivity index (χ3v) is 4.09. The largest absolute Gasteiger partial charge is 0.478 e. The number of rotatable bonds is 5. The zero-order chi connectivity index (χ0) is 14.8. The summed E-state index contributed by atoms with van der Waals surface area (Å²) in [5, 5.41) is 9.40. The molecule has 2 heterocycles. The number of fused-ring (bicyclic) bond motifs is 1. The van der Waals surface area contributed by atoms with Crippen LogP contribution in [0, 0.1) is 0 Å². The van der Waals surface area contributed by atoms with E-state index in [1.165, 1.54) is 0 Å². The Balaban J connectivity index is 1.99. The minimum absolute atomic E-state index is 0.296. The summed E-state index contributed by atoms with van der Waals surface area (Å²) in [5.74, 6) is 0.0400. The smallest absolute Gasteiger partial charge is 0.337 e. The van der Waals surface area contributed by atoms with Crippen LogP contribution in [0.25, 0.3) is 11.0 Å². The van der Waals surface area contributed by atoms with Crippen molar-refractivity contribution < 1.29 is 14.6 Å². The Bertz CT molecular complexity index is 657. The van der Waals surface area contributed by atoms with Crippen LogP contribution in [0.3, 0.4) is 0 Å². The first kappa shape index (κ1) is 14.1. The first-order valence-electron chi connectivity index (χ1n) is 7.53. The number of carboxylic acids is 1. The van der Waals surface area contributed by atoms with Gasteiger partial charge in [0.05, 0.1) is 22.7 Å². The zero-order valence-electron chi connectivity index (χ0n) is 12.2. The number of carbonyl (C=O) groups is 1. The lowest BCUT2D eigenvalue weighted by Crippen LogP contribution is -2.13. The van der Waals surface area contributed by atoms with E-state index in [9.17, 15) is 9.90 Å². The summed E-state index contributed by atoms with van der Waals surface area (Å²) in [4.78, 5) is 16.0. The quantitative estimate of drug-likeness (QED) is 0.918. The maximum absolute atomic E-state index is 11.5. The molecule has 1 aromatic carbocycles. The molecule has 0 bridgehead atoms. The molecule has 1 N–H and O–H groups in total. The minimum atomic E-state index is -0.901. The van der Waals surface area contributed by atoms with E-state index in [1.54, 1.807) is 12.1 Å². The summed E-state index contributed by atoms with van der Waals surface area (Å²) < 4.78 is 7.72. The molecule has 1 aliphatic rings. The van der Waals surface area contributed by atoms with Gasteiger partial charge in [0.2, 0.25) is 0 Å². The first-order valence-corrected chi connectivity index (χ1v) is 7.53. The van der Waals surface area contributed by atoms with E-state index in [0.29, 0.717) is 11.7 Å². The van der Waals surface area contributed by atoms with Crippen LogP contribution in [-0.2, 0) is 17.7 Å². The normalized spacial score (nSPS) is 18.4. The summed E-state index contributed by atoms with van der Waals surface area (Å²) in [6, 6.07) is 5.28. The molecule has 21 heavy (non-hydrogen) atoms. The van der Waals surface area contributed by atoms with Crippen molar-refractivity contribution in [2.75, 3.05) is 6.61 Å². The number of carboxylic acid groups (broad SMARTS) is 1. The molecule has 1 fully saturated rings. The Morgan fingerprint density at radius 1 is 1.52 bits per heavy atom. The van der Waals surface area contributed by atoms with E-state index in [0.717, 1.165) is 55.7 Å². The summed E-state index contributed by atoms with van der Waals surface area (Å²) >= 11 is 0. The molecular formula is C16H20N2O3. The number of para-hydroxylation sites is 1. The lowest BCUT2D eigenvalue weighted by Gasteiger charge is -2.13. The number of aromatic carboxylic acids is 1. The molecule has 1 saturated heterocycles. The molecule has 0 aliphatic carbocycles. The van der Waals surface area contributed by atoms with Gasteiger partial charge in [-0.05, 0) is 31.4 Å². The number of nitrogens with zero attached hydrogens (tertiary/aromatic N) is 2. The predicted octanol–water partition coefficient (Wildman–Crippen LogP) is 2.87.